The molecular formula is C9H6BrIN6S. The van der Waals surface area contributed by atoms with Gasteiger partial charge < -0.3 is 0 Å². The molecule has 0 spiro atoms. The summed E-state index contributed by atoms with van der Waals surface area (Å²) in [5, 5.41) is 13.7. The highest BCUT2D eigenvalue weighted by molar-refractivity contribution is 14.1. The third kappa shape index (κ3) is 2.93. The Bertz CT molecular complexity index is 622. The standard InChI is InChI=1S/C9H6BrIN6S/c1-18-8-6(2-12)7(10)14-9(15-8)16-17-4-5(11)3-13-17/h3-4H,1H3,(H,14,15,16). The van der Waals surface area contributed by atoms with Crippen LogP contribution in [-0.4, -0.2) is 26.1 Å². The molecule has 2 heterocycles. The lowest BCUT2D eigenvalue weighted by molar-refractivity contribution is 0.778. The van der Waals surface area contributed by atoms with E-state index in [4.69, 9.17) is 5.26 Å². The fourth-order valence-electron chi connectivity index (χ4n) is 1.17. The minimum absolute atomic E-state index is 0.379. The summed E-state index contributed by atoms with van der Waals surface area (Å²) in [5.74, 6) is 0.379. The number of hydrogen-bond donors (Lipinski definition) is 1. The van der Waals surface area contributed by atoms with Crippen molar-refractivity contribution in [3.63, 3.8) is 0 Å². The molecule has 2 rings (SSSR count). The molecule has 0 aliphatic rings. The summed E-state index contributed by atoms with van der Waals surface area (Å²) in [6, 6.07) is 2.07. The maximum Gasteiger partial charge on any atom is 0.245 e. The van der Waals surface area contributed by atoms with Crippen molar-refractivity contribution in [2.75, 3.05) is 11.7 Å². The van der Waals surface area contributed by atoms with Gasteiger partial charge in [0.1, 0.15) is 21.3 Å². The Kier molecular flexibility index (Phi) is 4.41. The van der Waals surface area contributed by atoms with Crippen LogP contribution in [0.1, 0.15) is 5.56 Å². The van der Waals surface area contributed by atoms with Crippen molar-refractivity contribution >= 4 is 56.2 Å². The van der Waals surface area contributed by atoms with Crippen molar-refractivity contribution in [3.05, 3.63) is 26.1 Å². The number of nitrogens with zero attached hydrogens (tertiary/aromatic N) is 5. The predicted molar refractivity (Wildman–Crippen MR) is 80.2 cm³/mol. The van der Waals surface area contributed by atoms with Gasteiger partial charge in [-0.15, -0.1) is 11.8 Å². The van der Waals surface area contributed by atoms with E-state index in [1.807, 2.05) is 6.26 Å². The molecule has 0 unspecified atom stereocenters. The highest BCUT2D eigenvalue weighted by Gasteiger charge is 2.12. The second-order valence-electron chi connectivity index (χ2n) is 3.05. The van der Waals surface area contributed by atoms with Crippen LogP contribution in [0.4, 0.5) is 5.95 Å². The number of rotatable bonds is 3. The van der Waals surface area contributed by atoms with E-state index < -0.39 is 0 Å². The third-order valence-corrected chi connectivity index (χ3v) is 3.72. The van der Waals surface area contributed by atoms with E-state index in [9.17, 15) is 0 Å². The number of aromatic nitrogens is 4. The molecule has 0 atom stereocenters. The Hall–Kier alpha value is -0.860. The number of hydrogen-bond acceptors (Lipinski definition) is 6. The van der Waals surface area contributed by atoms with Crippen LogP contribution in [0, 0.1) is 14.9 Å². The molecule has 0 amide bonds. The number of halogens is 2. The zero-order valence-electron chi connectivity index (χ0n) is 9.05. The Labute approximate surface area is 129 Å². The fraction of sp³-hybridized carbons (Fsp3) is 0.111. The van der Waals surface area contributed by atoms with Crippen LogP contribution in [-0.2, 0) is 0 Å². The van der Waals surface area contributed by atoms with Gasteiger partial charge >= 0.3 is 0 Å². The number of thioether (sulfide) groups is 1. The monoisotopic (exact) mass is 436 g/mol. The SMILES string of the molecule is CSc1nc(Nn2cc(I)cn2)nc(Br)c1C#N. The molecule has 0 saturated carbocycles. The number of anilines is 1. The van der Waals surface area contributed by atoms with Crippen LogP contribution in [0.3, 0.4) is 0 Å². The Morgan fingerprint density at radius 3 is 2.89 bits per heavy atom. The van der Waals surface area contributed by atoms with Crippen LogP contribution in [0.25, 0.3) is 0 Å². The van der Waals surface area contributed by atoms with Gasteiger partial charge in [0, 0.05) is 0 Å². The van der Waals surface area contributed by atoms with Crippen LogP contribution in [0.5, 0.6) is 0 Å². The van der Waals surface area contributed by atoms with Crippen molar-refractivity contribution in [2.45, 2.75) is 5.03 Å². The average Bonchev–Trinajstić information content (AvgIpc) is 2.74. The summed E-state index contributed by atoms with van der Waals surface area (Å²) in [6.07, 6.45) is 5.37. The first kappa shape index (κ1) is 13.6. The van der Waals surface area contributed by atoms with Gasteiger partial charge in [0.2, 0.25) is 5.95 Å². The largest absolute Gasteiger partial charge is 0.245 e. The molecule has 0 aliphatic heterocycles. The van der Waals surface area contributed by atoms with E-state index in [1.54, 1.807) is 12.4 Å². The lowest BCUT2D eigenvalue weighted by Gasteiger charge is -2.07. The summed E-state index contributed by atoms with van der Waals surface area (Å²) < 4.78 is 1.46. The van der Waals surface area contributed by atoms with E-state index in [0.29, 0.717) is 21.1 Å². The van der Waals surface area contributed by atoms with Gasteiger partial charge in [-0.05, 0) is 44.8 Å². The first-order chi connectivity index (χ1) is 8.63. The molecule has 2 aromatic heterocycles. The summed E-state index contributed by atoms with van der Waals surface area (Å²) in [5.41, 5.74) is 3.35. The van der Waals surface area contributed by atoms with Crippen molar-refractivity contribution in [3.8, 4) is 6.07 Å². The van der Waals surface area contributed by atoms with Crippen LogP contribution >= 0.6 is 50.3 Å². The van der Waals surface area contributed by atoms with Crippen LogP contribution in [0.2, 0.25) is 0 Å². The molecule has 0 fully saturated rings. The van der Waals surface area contributed by atoms with Gasteiger partial charge in [-0.2, -0.15) is 15.2 Å². The van der Waals surface area contributed by atoms with Crippen molar-refractivity contribution in [2.24, 2.45) is 0 Å². The highest BCUT2D eigenvalue weighted by Crippen LogP contribution is 2.24. The number of nitriles is 1. The molecule has 2 aromatic rings. The molecule has 1 N–H and O–H groups in total. The Balaban J connectivity index is 2.35. The predicted octanol–water partition coefficient (Wildman–Crippen LogP) is 2.51. The molecular weight excluding hydrogens is 431 g/mol. The molecule has 0 radical (unpaired) electrons. The highest BCUT2D eigenvalue weighted by atomic mass is 127. The molecule has 18 heavy (non-hydrogen) atoms. The van der Waals surface area contributed by atoms with E-state index in [0.717, 1.165) is 3.57 Å². The van der Waals surface area contributed by atoms with Gasteiger partial charge in [0.25, 0.3) is 0 Å². The van der Waals surface area contributed by atoms with Gasteiger partial charge in [0.15, 0.2) is 0 Å². The van der Waals surface area contributed by atoms with Crippen LogP contribution < -0.4 is 5.43 Å². The lowest BCUT2D eigenvalue weighted by atomic mass is 10.4. The normalized spacial score (nSPS) is 10.1. The van der Waals surface area contributed by atoms with Gasteiger partial charge in [0.05, 0.1) is 16.0 Å². The third-order valence-electron chi connectivity index (χ3n) is 1.90. The lowest BCUT2D eigenvalue weighted by Crippen LogP contribution is -2.13. The molecule has 9 heteroatoms. The van der Waals surface area contributed by atoms with Crippen molar-refractivity contribution < 1.29 is 0 Å². The minimum Gasteiger partial charge on any atom is -0.245 e. The smallest absolute Gasteiger partial charge is 0.245 e. The zero-order chi connectivity index (χ0) is 13.1. The second kappa shape index (κ2) is 5.85. The summed E-state index contributed by atoms with van der Waals surface area (Å²) in [4.78, 5) is 9.92. The summed E-state index contributed by atoms with van der Waals surface area (Å²) in [7, 11) is 0. The van der Waals surface area contributed by atoms with Crippen molar-refractivity contribution in [1.82, 2.24) is 19.9 Å². The van der Waals surface area contributed by atoms with Crippen molar-refractivity contribution in [1.29, 1.82) is 5.26 Å². The first-order valence-electron chi connectivity index (χ1n) is 4.63. The van der Waals surface area contributed by atoms with E-state index >= 15 is 0 Å². The molecule has 0 aromatic carbocycles. The summed E-state index contributed by atoms with van der Waals surface area (Å²) >= 11 is 6.80. The fourth-order valence-corrected chi connectivity index (χ4v) is 2.66. The Morgan fingerprint density at radius 1 is 1.56 bits per heavy atom. The first-order valence-corrected chi connectivity index (χ1v) is 7.72. The van der Waals surface area contributed by atoms with Gasteiger partial charge in [-0.1, -0.05) is 0 Å². The molecule has 0 saturated heterocycles. The molecule has 0 bridgehead atoms. The van der Waals surface area contributed by atoms with E-state index in [-0.39, 0.29) is 0 Å². The quantitative estimate of drug-likeness (QED) is 0.452. The number of nitrogens with one attached hydrogen (secondary N) is 1. The topological polar surface area (TPSA) is 79.4 Å². The molecule has 0 aliphatic carbocycles. The minimum atomic E-state index is 0.379. The van der Waals surface area contributed by atoms with E-state index in [2.05, 4.69) is 65.1 Å². The maximum absolute atomic E-state index is 9.00. The van der Waals surface area contributed by atoms with Crippen LogP contribution in [0.15, 0.2) is 22.0 Å². The zero-order valence-corrected chi connectivity index (χ0v) is 13.6. The maximum atomic E-state index is 9.00. The second-order valence-corrected chi connectivity index (χ2v) is 5.84. The van der Waals surface area contributed by atoms with E-state index in [1.165, 1.54) is 16.6 Å². The van der Waals surface area contributed by atoms with Gasteiger partial charge in [-0.3, -0.25) is 0 Å². The van der Waals surface area contributed by atoms with Gasteiger partial charge in [-0.25, -0.2) is 15.4 Å². The molecule has 6 nitrogen and oxygen atoms in total. The Morgan fingerprint density at radius 2 is 2.33 bits per heavy atom. The average molecular weight is 437 g/mol. The molecule has 92 valence electrons. The summed E-state index contributed by atoms with van der Waals surface area (Å²) in [6.45, 7) is 0.